The molecule has 0 saturated carbocycles. The van der Waals surface area contributed by atoms with Gasteiger partial charge in [0.15, 0.2) is 0 Å². The fraction of sp³-hybridized carbons (Fsp3) is 0.125. The molecule has 0 N–H and O–H groups in total. The Kier molecular flexibility index (Phi) is 1.46. The van der Waals surface area contributed by atoms with Crippen molar-refractivity contribution in [3.05, 3.63) is 24.3 Å². The predicted molar refractivity (Wildman–Crippen MR) is 42.8 cm³/mol. The summed E-state index contributed by atoms with van der Waals surface area (Å²) in [5.74, 6) is -0.883. The predicted octanol–water partition coefficient (Wildman–Crippen LogP) is 1.04. The van der Waals surface area contributed by atoms with Crippen molar-refractivity contribution >= 4 is 17.7 Å². The Morgan fingerprint density at radius 2 is 2.00 bits per heavy atom. The average Bonchev–Trinajstić information content (AvgIpc) is 2.03. The lowest BCUT2D eigenvalue weighted by Gasteiger charge is -2.13. The van der Waals surface area contributed by atoms with E-state index in [9.17, 15) is 9.18 Å². The summed E-state index contributed by atoms with van der Waals surface area (Å²) in [4.78, 5) is 17.8. The lowest BCUT2D eigenvalue weighted by atomic mass is 10.0. The van der Waals surface area contributed by atoms with Crippen LogP contribution >= 0.6 is 0 Å². The van der Waals surface area contributed by atoms with E-state index in [1.807, 2.05) is 0 Å². The number of amidine groups is 1. The maximum atomic E-state index is 12.5. The van der Waals surface area contributed by atoms with E-state index in [2.05, 4.69) is 9.98 Å². The molecule has 0 aromatic heterocycles. The molecule has 12 heavy (non-hydrogen) atoms. The largest absolute Gasteiger partial charge is 0.271 e. The van der Waals surface area contributed by atoms with Crippen molar-refractivity contribution in [1.82, 2.24) is 0 Å². The van der Waals surface area contributed by atoms with Crippen molar-refractivity contribution in [3.63, 3.8) is 0 Å². The van der Waals surface area contributed by atoms with E-state index in [-0.39, 0.29) is 17.7 Å². The highest BCUT2D eigenvalue weighted by molar-refractivity contribution is 6.11. The van der Waals surface area contributed by atoms with Gasteiger partial charge in [-0.05, 0) is 6.08 Å². The lowest BCUT2D eigenvalue weighted by molar-refractivity contribution is -0.113. The molecule has 0 spiro atoms. The van der Waals surface area contributed by atoms with E-state index in [1.165, 1.54) is 12.2 Å². The van der Waals surface area contributed by atoms with Crippen LogP contribution in [0.5, 0.6) is 0 Å². The van der Waals surface area contributed by atoms with Gasteiger partial charge in [0.05, 0.1) is 5.92 Å². The van der Waals surface area contributed by atoms with Crippen molar-refractivity contribution in [2.24, 2.45) is 15.9 Å². The number of rotatable bonds is 0. The molecular formula is C8H5FN2O. The van der Waals surface area contributed by atoms with Crippen molar-refractivity contribution in [3.8, 4) is 0 Å². The number of allylic oxidation sites excluding steroid dienone is 1. The number of fused-ring (bicyclic) bond motifs is 1. The van der Waals surface area contributed by atoms with Gasteiger partial charge in [-0.25, -0.2) is 4.99 Å². The molecule has 60 valence electrons. The van der Waals surface area contributed by atoms with Gasteiger partial charge < -0.3 is 0 Å². The number of hydrogen-bond donors (Lipinski definition) is 0. The number of nitrogens with zero attached hydrogens (tertiary/aromatic N) is 2. The first kappa shape index (κ1) is 7.09. The van der Waals surface area contributed by atoms with Crippen LogP contribution in [0.4, 0.5) is 4.39 Å². The molecule has 0 radical (unpaired) electrons. The number of aliphatic imine (C=N–C) groups is 2. The van der Waals surface area contributed by atoms with Crippen molar-refractivity contribution in [2.45, 2.75) is 0 Å². The van der Waals surface area contributed by atoms with Crippen LogP contribution in [-0.2, 0) is 4.79 Å². The number of dihydropyridines is 2. The lowest BCUT2D eigenvalue weighted by Crippen LogP contribution is -2.18. The van der Waals surface area contributed by atoms with Crippen LogP contribution in [0.25, 0.3) is 0 Å². The third-order valence-corrected chi connectivity index (χ3v) is 1.63. The standard InChI is InChI=1S/C8H5FN2O/c9-6-3-1-5-2-4-7(12)11-8(5)10-6/h1-5H. The van der Waals surface area contributed by atoms with Gasteiger partial charge in [0.1, 0.15) is 5.84 Å². The first-order valence-electron chi connectivity index (χ1n) is 3.49. The van der Waals surface area contributed by atoms with Gasteiger partial charge >= 0.3 is 0 Å². The minimum absolute atomic E-state index is 0.137. The van der Waals surface area contributed by atoms with Gasteiger partial charge in [0.25, 0.3) is 5.91 Å². The minimum Gasteiger partial charge on any atom is -0.267 e. The van der Waals surface area contributed by atoms with Crippen LogP contribution < -0.4 is 0 Å². The second-order valence-electron chi connectivity index (χ2n) is 2.49. The molecule has 0 bridgehead atoms. The fourth-order valence-corrected chi connectivity index (χ4v) is 1.08. The Morgan fingerprint density at radius 3 is 2.83 bits per heavy atom. The Balaban J connectivity index is 2.40. The van der Waals surface area contributed by atoms with E-state index in [1.54, 1.807) is 12.2 Å². The molecule has 1 unspecified atom stereocenters. The second-order valence-corrected chi connectivity index (χ2v) is 2.49. The highest BCUT2D eigenvalue weighted by atomic mass is 19.1. The zero-order valence-corrected chi connectivity index (χ0v) is 6.07. The SMILES string of the molecule is O=C1C=CC2C=CC(F)=NC2=N1. The Bertz CT molecular complexity index is 352. The number of hydrogen-bond acceptors (Lipinski definition) is 2. The van der Waals surface area contributed by atoms with Crippen molar-refractivity contribution in [2.75, 3.05) is 0 Å². The van der Waals surface area contributed by atoms with Crippen molar-refractivity contribution in [1.29, 1.82) is 0 Å². The molecule has 4 heteroatoms. The van der Waals surface area contributed by atoms with E-state index >= 15 is 0 Å². The first-order valence-corrected chi connectivity index (χ1v) is 3.49. The summed E-state index contributed by atoms with van der Waals surface area (Å²) < 4.78 is 12.5. The number of amides is 1. The summed E-state index contributed by atoms with van der Waals surface area (Å²) in [7, 11) is 0. The summed E-state index contributed by atoms with van der Waals surface area (Å²) in [6.07, 6.45) is 5.89. The molecule has 2 aliphatic heterocycles. The molecule has 0 saturated heterocycles. The Morgan fingerprint density at radius 1 is 1.25 bits per heavy atom. The Labute approximate surface area is 68.0 Å². The van der Waals surface area contributed by atoms with Gasteiger partial charge in [-0.15, -0.1) is 0 Å². The monoisotopic (exact) mass is 164 g/mol. The summed E-state index contributed by atoms with van der Waals surface area (Å²) in [5.41, 5.74) is 0. The highest BCUT2D eigenvalue weighted by Gasteiger charge is 2.19. The van der Waals surface area contributed by atoms with Crippen molar-refractivity contribution < 1.29 is 9.18 Å². The van der Waals surface area contributed by atoms with E-state index in [4.69, 9.17) is 0 Å². The fourth-order valence-electron chi connectivity index (χ4n) is 1.08. The molecule has 1 amide bonds. The maximum absolute atomic E-state index is 12.5. The highest BCUT2D eigenvalue weighted by Crippen LogP contribution is 2.15. The molecule has 1 atom stereocenters. The van der Waals surface area contributed by atoms with Crippen LogP contribution in [0.15, 0.2) is 34.3 Å². The summed E-state index contributed by atoms with van der Waals surface area (Å²) in [6.45, 7) is 0. The quantitative estimate of drug-likeness (QED) is 0.527. The molecular weight excluding hydrogens is 159 g/mol. The summed E-state index contributed by atoms with van der Waals surface area (Å²) in [6, 6.07) is 0. The summed E-state index contributed by atoms with van der Waals surface area (Å²) >= 11 is 0. The maximum Gasteiger partial charge on any atom is 0.271 e. The van der Waals surface area contributed by atoms with Gasteiger partial charge in [-0.2, -0.15) is 9.38 Å². The van der Waals surface area contributed by atoms with Crippen LogP contribution in [0.1, 0.15) is 0 Å². The molecule has 0 fully saturated rings. The zero-order chi connectivity index (χ0) is 8.55. The smallest absolute Gasteiger partial charge is 0.267 e. The van der Waals surface area contributed by atoms with E-state index in [0.29, 0.717) is 0 Å². The van der Waals surface area contributed by atoms with Crippen LogP contribution in [-0.4, -0.2) is 17.7 Å². The molecule has 0 aliphatic carbocycles. The first-order chi connectivity index (χ1) is 5.75. The normalized spacial score (nSPS) is 26.4. The van der Waals surface area contributed by atoms with Gasteiger partial charge in [0.2, 0.25) is 5.97 Å². The summed E-state index contributed by atoms with van der Waals surface area (Å²) in [5, 5.41) is 0. The number of carbonyl (C=O) groups excluding carboxylic acids is 1. The zero-order valence-electron chi connectivity index (χ0n) is 6.07. The van der Waals surface area contributed by atoms with Crippen LogP contribution in [0.2, 0.25) is 0 Å². The topological polar surface area (TPSA) is 41.8 Å². The minimum atomic E-state index is -0.604. The average molecular weight is 164 g/mol. The van der Waals surface area contributed by atoms with Gasteiger partial charge in [-0.1, -0.05) is 12.2 Å². The molecule has 2 aliphatic rings. The Hall–Kier alpha value is -1.58. The molecule has 0 aromatic carbocycles. The second kappa shape index (κ2) is 2.48. The van der Waals surface area contributed by atoms with Crippen LogP contribution in [0, 0.1) is 5.92 Å². The third kappa shape index (κ3) is 1.11. The van der Waals surface area contributed by atoms with E-state index < -0.39 is 5.97 Å². The molecule has 2 rings (SSSR count). The van der Waals surface area contributed by atoms with Crippen LogP contribution in [0.3, 0.4) is 0 Å². The number of halogens is 1. The third-order valence-electron chi connectivity index (χ3n) is 1.63. The van der Waals surface area contributed by atoms with Gasteiger partial charge in [0, 0.05) is 6.08 Å². The van der Waals surface area contributed by atoms with E-state index in [0.717, 1.165) is 0 Å². The molecule has 2 heterocycles. The molecule has 0 aromatic rings. The number of carbonyl (C=O) groups is 1. The van der Waals surface area contributed by atoms with Gasteiger partial charge in [-0.3, -0.25) is 4.79 Å². The molecule has 3 nitrogen and oxygen atoms in total.